The Hall–Kier alpha value is -1.50. The molecule has 0 spiro atoms. The van der Waals surface area contributed by atoms with E-state index in [2.05, 4.69) is 9.97 Å². The fourth-order valence-corrected chi connectivity index (χ4v) is 3.44. The Morgan fingerprint density at radius 1 is 1.05 bits per heavy atom. The van der Waals surface area contributed by atoms with Crippen molar-refractivity contribution in [3.05, 3.63) is 53.1 Å². The molecule has 2 aromatic rings. The molecule has 0 bridgehead atoms. The first-order valence-electron chi connectivity index (χ1n) is 5.62. The zero-order valence-electron chi connectivity index (χ0n) is 9.82. The van der Waals surface area contributed by atoms with E-state index in [-0.39, 0.29) is 10.2 Å². The van der Waals surface area contributed by atoms with Crippen molar-refractivity contribution in [2.45, 2.75) is 18.0 Å². The van der Waals surface area contributed by atoms with E-state index in [0.29, 0.717) is 13.1 Å². The molecule has 1 aliphatic rings. The van der Waals surface area contributed by atoms with Gasteiger partial charge in [0, 0.05) is 13.1 Å². The summed E-state index contributed by atoms with van der Waals surface area (Å²) in [6.45, 7) is 0.752. The van der Waals surface area contributed by atoms with Crippen molar-refractivity contribution < 1.29 is 8.42 Å². The topological polar surface area (TPSA) is 63.2 Å². The van der Waals surface area contributed by atoms with Crippen molar-refractivity contribution in [1.29, 1.82) is 0 Å². The Labute approximate surface area is 115 Å². The lowest BCUT2D eigenvalue weighted by molar-refractivity contribution is 0.431. The largest absolute Gasteiger partial charge is 0.246 e. The smallest absolute Gasteiger partial charge is 0.225 e. The van der Waals surface area contributed by atoms with Gasteiger partial charge in [-0.25, -0.2) is 18.4 Å². The van der Waals surface area contributed by atoms with Gasteiger partial charge in [-0.15, -0.1) is 0 Å². The predicted molar refractivity (Wildman–Crippen MR) is 69.9 cm³/mol. The third kappa shape index (κ3) is 2.22. The molecule has 0 saturated heterocycles. The lowest BCUT2D eigenvalue weighted by Gasteiger charge is -2.14. The van der Waals surface area contributed by atoms with Gasteiger partial charge in [-0.2, -0.15) is 4.31 Å². The van der Waals surface area contributed by atoms with E-state index in [0.717, 1.165) is 11.1 Å². The summed E-state index contributed by atoms with van der Waals surface area (Å²) in [7, 11) is -3.57. The average molecular weight is 296 g/mol. The van der Waals surface area contributed by atoms with Crippen LogP contribution >= 0.6 is 11.6 Å². The molecule has 0 aliphatic carbocycles. The molecule has 1 aromatic carbocycles. The molecule has 1 aliphatic heterocycles. The molecule has 7 heteroatoms. The summed E-state index contributed by atoms with van der Waals surface area (Å²) < 4.78 is 26.2. The van der Waals surface area contributed by atoms with Gasteiger partial charge >= 0.3 is 0 Å². The van der Waals surface area contributed by atoms with Crippen LogP contribution in [-0.4, -0.2) is 22.7 Å². The minimum atomic E-state index is -3.57. The molecular weight excluding hydrogens is 286 g/mol. The maximum Gasteiger partial charge on any atom is 0.246 e. The van der Waals surface area contributed by atoms with Crippen molar-refractivity contribution in [2.75, 3.05) is 0 Å². The molecule has 0 radical (unpaired) electrons. The number of hydrogen-bond donors (Lipinski definition) is 0. The van der Waals surface area contributed by atoms with Crippen LogP contribution in [0.1, 0.15) is 11.1 Å². The van der Waals surface area contributed by atoms with Crippen LogP contribution in [0.25, 0.3) is 0 Å². The van der Waals surface area contributed by atoms with Gasteiger partial charge in [-0.3, -0.25) is 0 Å². The van der Waals surface area contributed by atoms with Crippen LogP contribution in [0.3, 0.4) is 0 Å². The van der Waals surface area contributed by atoms with Crippen molar-refractivity contribution in [3.8, 4) is 0 Å². The first-order valence-corrected chi connectivity index (χ1v) is 7.43. The molecule has 98 valence electrons. The monoisotopic (exact) mass is 295 g/mol. The highest BCUT2D eigenvalue weighted by Gasteiger charge is 2.30. The van der Waals surface area contributed by atoms with Crippen molar-refractivity contribution >= 4 is 21.6 Å². The van der Waals surface area contributed by atoms with Gasteiger partial charge in [0.2, 0.25) is 15.3 Å². The highest BCUT2D eigenvalue weighted by atomic mass is 35.5. The van der Waals surface area contributed by atoms with Gasteiger partial charge in [0.15, 0.2) is 0 Å². The highest BCUT2D eigenvalue weighted by Crippen LogP contribution is 2.27. The SMILES string of the molecule is O=S(=O)(c1cnc(Cl)nc1)N1Cc2ccccc2C1. The number of halogens is 1. The summed E-state index contributed by atoms with van der Waals surface area (Å²) in [6, 6.07) is 7.67. The molecule has 5 nitrogen and oxygen atoms in total. The maximum atomic E-state index is 12.4. The van der Waals surface area contributed by atoms with Crippen LogP contribution in [0, 0.1) is 0 Å². The minimum absolute atomic E-state index is 0.0312. The van der Waals surface area contributed by atoms with Gasteiger partial charge in [0.05, 0.1) is 12.4 Å². The normalized spacial score (nSPS) is 15.4. The Bertz CT molecular complexity index is 691. The first kappa shape index (κ1) is 12.5. The number of aromatic nitrogens is 2. The molecular formula is C12H10ClN3O2S. The molecule has 1 aromatic heterocycles. The second-order valence-electron chi connectivity index (χ2n) is 4.23. The van der Waals surface area contributed by atoms with E-state index in [1.54, 1.807) is 0 Å². The van der Waals surface area contributed by atoms with Crippen LogP contribution in [0.2, 0.25) is 5.28 Å². The molecule has 19 heavy (non-hydrogen) atoms. The Balaban J connectivity index is 1.94. The first-order chi connectivity index (χ1) is 9.07. The average Bonchev–Trinajstić information content (AvgIpc) is 2.83. The van der Waals surface area contributed by atoms with Gasteiger partial charge in [-0.05, 0) is 22.7 Å². The Kier molecular flexibility index (Phi) is 3.00. The van der Waals surface area contributed by atoms with Gasteiger partial charge in [0.1, 0.15) is 4.90 Å². The quantitative estimate of drug-likeness (QED) is 0.793. The summed E-state index contributed by atoms with van der Waals surface area (Å²) >= 11 is 5.56. The summed E-state index contributed by atoms with van der Waals surface area (Å²) in [6.07, 6.45) is 2.46. The fourth-order valence-electron chi connectivity index (χ4n) is 2.05. The minimum Gasteiger partial charge on any atom is -0.225 e. The molecule has 0 unspecified atom stereocenters. The van der Waals surface area contributed by atoms with Gasteiger partial charge in [-0.1, -0.05) is 24.3 Å². The van der Waals surface area contributed by atoms with E-state index >= 15 is 0 Å². The lowest BCUT2D eigenvalue weighted by atomic mass is 10.1. The number of nitrogens with zero attached hydrogens (tertiary/aromatic N) is 3. The highest BCUT2D eigenvalue weighted by molar-refractivity contribution is 7.89. The van der Waals surface area contributed by atoms with Crippen LogP contribution < -0.4 is 0 Å². The second kappa shape index (κ2) is 4.56. The van der Waals surface area contributed by atoms with E-state index in [4.69, 9.17) is 11.6 Å². The number of sulfonamides is 1. The van der Waals surface area contributed by atoms with Crippen LogP contribution in [0.4, 0.5) is 0 Å². The van der Waals surface area contributed by atoms with Crippen LogP contribution in [0.5, 0.6) is 0 Å². The summed E-state index contributed by atoms with van der Waals surface area (Å²) in [5, 5.41) is 0.0312. The molecule has 3 rings (SSSR count). The Morgan fingerprint density at radius 2 is 1.58 bits per heavy atom. The third-order valence-corrected chi connectivity index (χ3v) is 4.99. The van der Waals surface area contributed by atoms with Crippen LogP contribution in [0.15, 0.2) is 41.6 Å². The molecule has 0 atom stereocenters. The van der Waals surface area contributed by atoms with Gasteiger partial charge < -0.3 is 0 Å². The zero-order valence-corrected chi connectivity index (χ0v) is 11.4. The zero-order chi connectivity index (χ0) is 13.5. The number of benzene rings is 1. The molecule has 0 amide bonds. The van der Waals surface area contributed by atoms with Gasteiger partial charge in [0.25, 0.3) is 0 Å². The van der Waals surface area contributed by atoms with E-state index in [1.165, 1.54) is 16.7 Å². The van der Waals surface area contributed by atoms with E-state index in [1.807, 2.05) is 24.3 Å². The molecule has 0 saturated carbocycles. The number of fused-ring (bicyclic) bond motifs is 1. The molecule has 0 N–H and O–H groups in total. The summed E-state index contributed by atoms with van der Waals surface area (Å²) in [5.74, 6) is 0. The van der Waals surface area contributed by atoms with Crippen molar-refractivity contribution in [1.82, 2.24) is 14.3 Å². The molecule has 2 heterocycles. The lowest BCUT2D eigenvalue weighted by Crippen LogP contribution is -2.25. The van der Waals surface area contributed by atoms with Crippen molar-refractivity contribution in [2.24, 2.45) is 0 Å². The Morgan fingerprint density at radius 3 is 2.11 bits per heavy atom. The summed E-state index contributed by atoms with van der Waals surface area (Å²) in [5.41, 5.74) is 2.06. The number of hydrogen-bond acceptors (Lipinski definition) is 4. The van der Waals surface area contributed by atoms with Crippen LogP contribution in [-0.2, 0) is 23.1 Å². The summed E-state index contributed by atoms with van der Waals surface area (Å²) in [4.78, 5) is 7.49. The van der Waals surface area contributed by atoms with Crippen molar-refractivity contribution in [3.63, 3.8) is 0 Å². The standard InChI is InChI=1S/C12H10ClN3O2S/c13-12-14-5-11(6-15-12)19(17,18)16-7-9-3-1-2-4-10(9)8-16/h1-6H,7-8H2. The predicted octanol–water partition coefficient (Wildman–Crippen LogP) is 1.83. The van der Waals surface area contributed by atoms with E-state index in [9.17, 15) is 8.42 Å². The third-order valence-electron chi connectivity index (χ3n) is 3.05. The maximum absolute atomic E-state index is 12.4. The second-order valence-corrected chi connectivity index (χ2v) is 6.51. The fraction of sp³-hybridized carbons (Fsp3) is 0.167. The number of rotatable bonds is 2. The molecule has 0 fully saturated rings. The van der Waals surface area contributed by atoms with E-state index < -0.39 is 10.0 Å².